The van der Waals surface area contributed by atoms with Crippen molar-refractivity contribution in [1.82, 2.24) is 0 Å². The fourth-order valence-electron chi connectivity index (χ4n) is 5.66. The minimum Gasteiger partial charge on any atom is -0.487 e. The number of amides is 2. The van der Waals surface area contributed by atoms with Crippen LogP contribution in [0.15, 0.2) is 59.7 Å². The highest BCUT2D eigenvalue weighted by molar-refractivity contribution is 5.91. The van der Waals surface area contributed by atoms with Crippen LogP contribution in [0.5, 0.6) is 23.0 Å². The minimum absolute atomic E-state index is 0.0587. The Bertz CT molecular complexity index is 1460. The van der Waals surface area contributed by atoms with Gasteiger partial charge in [-0.1, -0.05) is 37.1 Å². The maximum absolute atomic E-state index is 12.8. The molecule has 0 spiro atoms. The molecule has 0 aromatic heterocycles. The molecule has 2 N–H and O–H groups in total. The lowest BCUT2D eigenvalue weighted by atomic mass is 10.0. The van der Waals surface area contributed by atoms with E-state index >= 15 is 0 Å². The van der Waals surface area contributed by atoms with E-state index in [0.717, 1.165) is 12.8 Å². The van der Waals surface area contributed by atoms with Crippen LogP contribution >= 0.6 is 0 Å². The topological polar surface area (TPSA) is 150 Å². The predicted molar refractivity (Wildman–Crippen MR) is 233 cm³/mol. The van der Waals surface area contributed by atoms with Crippen molar-refractivity contribution in [2.24, 2.45) is 11.8 Å². The molecule has 336 valence electrons. The van der Waals surface area contributed by atoms with Gasteiger partial charge in [-0.25, -0.2) is 0 Å². The summed E-state index contributed by atoms with van der Waals surface area (Å²) in [4.78, 5) is 25.5. The van der Waals surface area contributed by atoms with Crippen molar-refractivity contribution in [3.63, 3.8) is 0 Å². The van der Waals surface area contributed by atoms with Crippen molar-refractivity contribution in [2.45, 2.75) is 67.2 Å². The molecule has 14 heteroatoms. The molecule has 0 saturated heterocycles. The lowest BCUT2D eigenvalue weighted by molar-refractivity contribution is -0.117. The number of carbonyl (C=O) groups is 2. The Balaban J connectivity index is 1.50. The lowest BCUT2D eigenvalue weighted by Gasteiger charge is -2.16. The first-order valence-corrected chi connectivity index (χ1v) is 21.2. The second-order valence-electron chi connectivity index (χ2n) is 15.1. The molecule has 0 fully saturated rings. The Morgan fingerprint density at radius 2 is 0.750 bits per heavy atom. The SMILES string of the molecule is CC(C)=CC[C@@H](C)CC(=O)Nc1ccc2c(c1)OCCOCCOCCOCCOc1ccc(NC(=O)C[C@H](C)CC=C(C)C)cc1OCCOCCOCCOCCO2. The van der Waals surface area contributed by atoms with Crippen molar-refractivity contribution in [3.05, 3.63) is 59.7 Å². The van der Waals surface area contributed by atoms with Gasteiger partial charge in [0, 0.05) is 36.3 Å². The summed E-state index contributed by atoms with van der Waals surface area (Å²) >= 11 is 0. The maximum Gasteiger partial charge on any atom is 0.224 e. The highest BCUT2D eigenvalue weighted by Crippen LogP contribution is 2.32. The van der Waals surface area contributed by atoms with Gasteiger partial charge in [-0.15, -0.1) is 0 Å². The van der Waals surface area contributed by atoms with E-state index in [1.807, 2.05) is 0 Å². The highest BCUT2D eigenvalue weighted by Gasteiger charge is 2.14. The van der Waals surface area contributed by atoms with Gasteiger partial charge in [-0.3, -0.25) is 9.59 Å². The molecule has 2 aromatic rings. The molecule has 1 heterocycles. The molecule has 0 radical (unpaired) electrons. The zero-order valence-corrected chi connectivity index (χ0v) is 36.8. The Morgan fingerprint density at radius 3 is 1.05 bits per heavy atom. The van der Waals surface area contributed by atoms with Gasteiger partial charge < -0.3 is 58.0 Å². The molecule has 1 aliphatic rings. The zero-order valence-electron chi connectivity index (χ0n) is 36.8. The van der Waals surface area contributed by atoms with Crippen LogP contribution in [-0.2, 0) is 38.0 Å². The van der Waals surface area contributed by atoms with E-state index in [1.54, 1.807) is 36.4 Å². The second-order valence-corrected chi connectivity index (χ2v) is 15.1. The van der Waals surface area contributed by atoms with Crippen molar-refractivity contribution in [2.75, 3.05) is 116 Å². The summed E-state index contributed by atoms with van der Waals surface area (Å²) in [7, 11) is 0. The smallest absolute Gasteiger partial charge is 0.224 e. The van der Waals surface area contributed by atoms with Gasteiger partial charge in [0.1, 0.15) is 26.4 Å². The molecule has 0 saturated carbocycles. The fourth-order valence-corrected chi connectivity index (χ4v) is 5.66. The normalized spacial score (nSPS) is 17.2. The quantitative estimate of drug-likeness (QED) is 0.226. The number of hydrogen-bond acceptors (Lipinski definition) is 12. The van der Waals surface area contributed by atoms with Gasteiger partial charge in [-0.05, 0) is 76.6 Å². The van der Waals surface area contributed by atoms with E-state index in [4.69, 9.17) is 47.4 Å². The largest absolute Gasteiger partial charge is 0.487 e. The highest BCUT2D eigenvalue weighted by atomic mass is 16.6. The molecule has 0 unspecified atom stereocenters. The molecular weight excluding hydrogens is 773 g/mol. The van der Waals surface area contributed by atoms with Gasteiger partial charge >= 0.3 is 0 Å². The number of rotatable bonds is 10. The van der Waals surface area contributed by atoms with E-state index in [-0.39, 0.29) is 36.9 Å². The summed E-state index contributed by atoms with van der Waals surface area (Å²) < 4.78 is 58.2. The summed E-state index contributed by atoms with van der Waals surface area (Å²) in [5.74, 6) is 2.38. The van der Waals surface area contributed by atoms with Crippen LogP contribution in [0, 0.1) is 11.8 Å². The van der Waals surface area contributed by atoms with Crippen molar-refractivity contribution in [1.29, 1.82) is 0 Å². The Hall–Kier alpha value is -4.18. The number of anilines is 2. The number of ether oxygens (including phenoxy) is 10. The monoisotopic (exact) mass is 842 g/mol. The maximum atomic E-state index is 12.8. The number of hydrogen-bond donors (Lipinski definition) is 2. The van der Waals surface area contributed by atoms with Gasteiger partial charge in [-0.2, -0.15) is 0 Å². The van der Waals surface area contributed by atoms with Gasteiger partial charge in [0.25, 0.3) is 0 Å². The molecule has 3 rings (SSSR count). The average molecular weight is 843 g/mol. The van der Waals surface area contributed by atoms with E-state index in [2.05, 4.69) is 64.3 Å². The number of benzene rings is 2. The molecule has 0 aliphatic carbocycles. The van der Waals surface area contributed by atoms with Crippen molar-refractivity contribution < 1.29 is 57.0 Å². The molecule has 0 bridgehead atoms. The molecule has 2 amide bonds. The van der Waals surface area contributed by atoms with Crippen LogP contribution in [0.2, 0.25) is 0 Å². The zero-order chi connectivity index (χ0) is 43.2. The van der Waals surface area contributed by atoms with Crippen LogP contribution in [0.4, 0.5) is 11.4 Å². The van der Waals surface area contributed by atoms with E-state index < -0.39 is 0 Å². The molecule has 60 heavy (non-hydrogen) atoms. The van der Waals surface area contributed by atoms with Crippen LogP contribution < -0.4 is 29.6 Å². The number of allylic oxidation sites excluding steroid dienone is 4. The first-order chi connectivity index (χ1) is 29.1. The number of carbonyl (C=O) groups excluding carboxylic acids is 2. The summed E-state index contributed by atoms with van der Waals surface area (Å²) in [5, 5.41) is 5.97. The van der Waals surface area contributed by atoms with Crippen LogP contribution in [-0.4, -0.2) is 118 Å². The molecular formula is C46H70N2O12. The molecule has 2 atom stereocenters. The van der Waals surface area contributed by atoms with Crippen molar-refractivity contribution in [3.8, 4) is 23.0 Å². The van der Waals surface area contributed by atoms with Crippen LogP contribution in [0.25, 0.3) is 0 Å². The molecule has 1 aliphatic heterocycles. The number of nitrogens with one attached hydrogen (secondary N) is 2. The predicted octanol–water partition coefficient (Wildman–Crippen LogP) is 7.66. The lowest BCUT2D eigenvalue weighted by Crippen LogP contribution is -2.17. The molecule has 14 nitrogen and oxygen atoms in total. The summed E-state index contributed by atoms with van der Waals surface area (Å²) in [6.07, 6.45) is 6.83. The summed E-state index contributed by atoms with van der Waals surface area (Å²) in [6.45, 7) is 18.0. The van der Waals surface area contributed by atoms with E-state index in [0.29, 0.717) is 140 Å². The Kier molecular flexibility index (Phi) is 25.7. The van der Waals surface area contributed by atoms with Crippen LogP contribution in [0.3, 0.4) is 0 Å². The average Bonchev–Trinajstić information content (AvgIpc) is 3.20. The molecule has 2 aromatic carbocycles. The third-order valence-corrected chi connectivity index (χ3v) is 8.81. The van der Waals surface area contributed by atoms with Crippen LogP contribution in [0.1, 0.15) is 67.2 Å². The van der Waals surface area contributed by atoms with Gasteiger partial charge in [0.15, 0.2) is 23.0 Å². The third-order valence-electron chi connectivity index (χ3n) is 8.81. The van der Waals surface area contributed by atoms with Gasteiger partial charge in [0.2, 0.25) is 11.8 Å². The van der Waals surface area contributed by atoms with Gasteiger partial charge in [0.05, 0.1) is 79.3 Å². The summed E-state index contributed by atoms with van der Waals surface area (Å²) in [6, 6.07) is 10.7. The second kappa shape index (κ2) is 30.8. The van der Waals surface area contributed by atoms with Crippen molar-refractivity contribution >= 4 is 23.2 Å². The summed E-state index contributed by atoms with van der Waals surface area (Å²) in [5.41, 5.74) is 3.73. The standard InChI is InChI=1S/C46H70N2O12/c1-35(2)7-9-37(5)31-45(49)47-39-11-13-41-43(33-39)59-29-25-55-21-17-51-16-20-54-24-28-58-42-14-12-40(48-46(50)32-38(6)10-8-36(3)4)34-44(42)60-30-26-56-22-18-52-15-19-53-23-27-57-41/h7-8,11-14,33-34,37-38H,9-10,15-32H2,1-6H3,(H,47,49)(H,48,50)/t37-,38-/m1/s1. The van der Waals surface area contributed by atoms with E-state index in [9.17, 15) is 9.59 Å². The Morgan fingerprint density at radius 1 is 0.467 bits per heavy atom. The first-order valence-electron chi connectivity index (χ1n) is 21.2. The Labute approximate surface area is 357 Å². The minimum atomic E-state index is -0.0587. The number of fused-ring (bicyclic) bond motifs is 2. The van der Waals surface area contributed by atoms with E-state index in [1.165, 1.54) is 11.1 Å². The fraction of sp³-hybridized carbons (Fsp3) is 0.609. The first kappa shape index (κ1) is 50.2. The third kappa shape index (κ3) is 23.6.